The number of benzene rings is 2. The molecule has 9 rings (SSSR count). The van der Waals surface area contributed by atoms with Gasteiger partial charge in [-0.15, -0.1) is 0 Å². The third kappa shape index (κ3) is 2.93. The SMILES string of the molecule is CC1(C)CCC(C)(C)c2cc3c(cc21)Oc1nccc2c1B3c1ccccc1N2C12CCC(CC1)CC2. The van der Waals surface area contributed by atoms with Crippen LogP contribution in [0.1, 0.15) is 90.2 Å². The van der Waals surface area contributed by atoms with Gasteiger partial charge in [0, 0.05) is 28.6 Å². The van der Waals surface area contributed by atoms with Gasteiger partial charge in [0.05, 0.1) is 0 Å². The zero-order valence-corrected chi connectivity index (χ0v) is 22.7. The van der Waals surface area contributed by atoms with Crippen LogP contribution in [0.25, 0.3) is 0 Å². The molecule has 3 nitrogen and oxygen atoms in total. The molecule has 0 atom stereocenters. The maximum atomic E-state index is 6.74. The molecule has 0 spiro atoms. The van der Waals surface area contributed by atoms with Crippen LogP contribution >= 0.6 is 0 Å². The molecule has 0 radical (unpaired) electrons. The van der Waals surface area contributed by atoms with E-state index in [1.54, 1.807) is 0 Å². The highest BCUT2D eigenvalue weighted by Gasteiger charge is 2.51. The van der Waals surface area contributed by atoms with Crippen molar-refractivity contribution in [2.24, 2.45) is 5.92 Å². The van der Waals surface area contributed by atoms with Crippen LogP contribution in [-0.2, 0) is 10.8 Å². The van der Waals surface area contributed by atoms with Crippen LogP contribution in [0, 0.1) is 5.92 Å². The summed E-state index contributed by atoms with van der Waals surface area (Å²) < 4.78 is 6.74. The normalized spacial score (nSPS) is 27.5. The molecular formula is C33H37BN2O. The van der Waals surface area contributed by atoms with Crippen molar-refractivity contribution in [1.29, 1.82) is 0 Å². The van der Waals surface area contributed by atoms with Gasteiger partial charge in [-0.05, 0) is 108 Å². The van der Waals surface area contributed by atoms with Gasteiger partial charge in [0.15, 0.2) is 0 Å². The van der Waals surface area contributed by atoms with E-state index in [0.717, 1.165) is 17.5 Å². The van der Waals surface area contributed by atoms with Crippen molar-refractivity contribution in [3.05, 3.63) is 59.8 Å². The maximum Gasteiger partial charge on any atom is 0.258 e. The number of nitrogens with zero attached hydrogens (tertiary/aromatic N) is 2. The molecule has 0 N–H and O–H groups in total. The summed E-state index contributed by atoms with van der Waals surface area (Å²) in [6.07, 6.45) is 12.4. The lowest BCUT2D eigenvalue weighted by molar-refractivity contribution is 0.141. The molecule has 3 aromatic rings. The number of rotatable bonds is 1. The van der Waals surface area contributed by atoms with Gasteiger partial charge in [0.25, 0.3) is 6.71 Å². The van der Waals surface area contributed by atoms with Crippen LogP contribution in [0.15, 0.2) is 48.7 Å². The van der Waals surface area contributed by atoms with E-state index in [9.17, 15) is 0 Å². The first-order valence-corrected chi connectivity index (χ1v) is 14.5. The minimum Gasteiger partial charge on any atom is -0.440 e. The third-order valence-electron chi connectivity index (χ3n) is 11.0. The maximum absolute atomic E-state index is 6.74. The molecule has 0 unspecified atom stereocenters. The lowest BCUT2D eigenvalue weighted by Gasteiger charge is -2.56. The summed E-state index contributed by atoms with van der Waals surface area (Å²) in [4.78, 5) is 7.59. The Morgan fingerprint density at radius 2 is 1.49 bits per heavy atom. The first-order valence-electron chi connectivity index (χ1n) is 14.5. The Hall–Kier alpha value is -2.75. The number of aromatic nitrogens is 1. The predicted molar refractivity (Wildman–Crippen MR) is 153 cm³/mol. The Morgan fingerprint density at radius 1 is 0.811 bits per heavy atom. The molecule has 2 bridgehead atoms. The van der Waals surface area contributed by atoms with Crippen LogP contribution in [0.3, 0.4) is 0 Å². The fraction of sp³-hybridized carbons (Fsp3) is 0.485. The first-order chi connectivity index (χ1) is 17.8. The summed E-state index contributed by atoms with van der Waals surface area (Å²) in [5.74, 6) is 2.75. The Morgan fingerprint density at radius 3 is 2.22 bits per heavy atom. The Labute approximate surface area is 221 Å². The summed E-state index contributed by atoms with van der Waals surface area (Å²) in [6, 6.07) is 16.4. The summed E-state index contributed by atoms with van der Waals surface area (Å²) in [6.45, 7) is 9.80. The van der Waals surface area contributed by atoms with E-state index in [1.165, 1.54) is 90.3 Å². The Kier molecular flexibility index (Phi) is 4.34. The van der Waals surface area contributed by atoms with Crippen molar-refractivity contribution < 1.29 is 4.74 Å². The molecule has 37 heavy (non-hydrogen) atoms. The molecule has 3 saturated carbocycles. The van der Waals surface area contributed by atoms with Gasteiger partial charge in [-0.2, -0.15) is 0 Å². The van der Waals surface area contributed by atoms with Gasteiger partial charge in [-0.1, -0.05) is 52.0 Å². The second-order valence-corrected chi connectivity index (χ2v) is 13.9. The zero-order valence-electron chi connectivity index (χ0n) is 22.7. The average Bonchev–Trinajstić information content (AvgIpc) is 2.91. The quantitative estimate of drug-likeness (QED) is 0.297. The molecule has 188 valence electrons. The van der Waals surface area contributed by atoms with Gasteiger partial charge in [0.2, 0.25) is 5.88 Å². The van der Waals surface area contributed by atoms with E-state index in [2.05, 4.69) is 75.1 Å². The average molecular weight is 488 g/mol. The van der Waals surface area contributed by atoms with Gasteiger partial charge in [-0.3, -0.25) is 0 Å². The number of anilines is 2. The van der Waals surface area contributed by atoms with Crippen molar-refractivity contribution in [2.75, 3.05) is 4.90 Å². The second kappa shape index (κ2) is 7.21. The predicted octanol–water partition coefficient (Wildman–Crippen LogP) is 6.23. The van der Waals surface area contributed by atoms with Gasteiger partial charge < -0.3 is 9.64 Å². The lowest BCUT2D eigenvalue weighted by atomic mass is 9.34. The fourth-order valence-corrected chi connectivity index (χ4v) is 8.64. The molecule has 3 heterocycles. The van der Waals surface area contributed by atoms with E-state index in [4.69, 9.17) is 9.72 Å². The van der Waals surface area contributed by atoms with Crippen LogP contribution in [0.4, 0.5) is 11.4 Å². The zero-order chi connectivity index (χ0) is 25.2. The standard InChI is InChI=1S/C33H37BN2O/c1-31(2)16-17-32(3,4)23-20-28-25(19-22(23)31)34-24-7-5-6-8-26(24)36(27-12-18-35-30(37-28)29(27)34)33-13-9-21(10-14-33)11-15-33/h5-8,12,18-21H,9-11,13-17H2,1-4H3. The Balaban J connectivity index is 1.38. The van der Waals surface area contributed by atoms with E-state index in [0.29, 0.717) is 0 Å². The molecular weight excluding hydrogens is 451 g/mol. The molecule has 2 aliphatic heterocycles. The van der Waals surface area contributed by atoms with Crippen LogP contribution < -0.4 is 26.0 Å². The molecule has 0 saturated heterocycles. The molecule has 4 heteroatoms. The summed E-state index contributed by atoms with van der Waals surface area (Å²) in [5.41, 5.74) is 10.2. The molecule has 3 fully saturated rings. The van der Waals surface area contributed by atoms with E-state index in [-0.39, 0.29) is 23.1 Å². The number of hydrogen-bond acceptors (Lipinski definition) is 3. The van der Waals surface area contributed by atoms with E-state index < -0.39 is 0 Å². The van der Waals surface area contributed by atoms with E-state index >= 15 is 0 Å². The molecule has 4 aliphatic carbocycles. The van der Waals surface area contributed by atoms with Crippen LogP contribution in [-0.4, -0.2) is 17.2 Å². The number of pyridine rings is 1. The number of ether oxygens (including phenoxy) is 1. The number of hydrogen-bond donors (Lipinski definition) is 0. The Bertz CT molecular complexity index is 1430. The van der Waals surface area contributed by atoms with Crippen molar-refractivity contribution >= 4 is 34.5 Å². The van der Waals surface area contributed by atoms with Crippen molar-refractivity contribution in [1.82, 2.24) is 4.98 Å². The number of para-hydroxylation sites is 1. The largest absolute Gasteiger partial charge is 0.440 e. The molecule has 6 aliphatic rings. The molecule has 1 aromatic heterocycles. The first kappa shape index (κ1) is 22.3. The van der Waals surface area contributed by atoms with E-state index in [1.807, 2.05) is 6.20 Å². The second-order valence-electron chi connectivity index (χ2n) is 13.9. The van der Waals surface area contributed by atoms with Gasteiger partial charge >= 0.3 is 0 Å². The summed E-state index contributed by atoms with van der Waals surface area (Å²) in [7, 11) is 0. The topological polar surface area (TPSA) is 25.4 Å². The summed E-state index contributed by atoms with van der Waals surface area (Å²) >= 11 is 0. The minimum absolute atomic E-state index is 0.152. The smallest absolute Gasteiger partial charge is 0.258 e. The highest BCUT2D eigenvalue weighted by Crippen LogP contribution is 2.53. The van der Waals surface area contributed by atoms with Gasteiger partial charge in [0.1, 0.15) is 5.75 Å². The number of fused-ring (bicyclic) bond motifs is 8. The highest BCUT2D eigenvalue weighted by atomic mass is 16.5. The van der Waals surface area contributed by atoms with Crippen molar-refractivity contribution in [2.45, 2.75) is 95.4 Å². The lowest BCUT2D eigenvalue weighted by Crippen LogP contribution is -2.64. The summed E-state index contributed by atoms with van der Waals surface area (Å²) in [5, 5.41) is 0. The van der Waals surface area contributed by atoms with Crippen LogP contribution in [0.2, 0.25) is 0 Å². The van der Waals surface area contributed by atoms with Crippen molar-refractivity contribution in [3.63, 3.8) is 0 Å². The molecule has 2 aromatic carbocycles. The third-order valence-corrected chi connectivity index (χ3v) is 11.0. The highest BCUT2D eigenvalue weighted by molar-refractivity contribution is 6.99. The minimum atomic E-state index is 0.152. The monoisotopic (exact) mass is 488 g/mol. The van der Waals surface area contributed by atoms with Crippen LogP contribution in [0.5, 0.6) is 11.6 Å². The van der Waals surface area contributed by atoms with Gasteiger partial charge in [-0.25, -0.2) is 4.98 Å². The van der Waals surface area contributed by atoms with Crippen molar-refractivity contribution in [3.8, 4) is 11.6 Å². The molecule has 0 amide bonds. The fourth-order valence-electron chi connectivity index (χ4n) is 8.64.